The summed E-state index contributed by atoms with van der Waals surface area (Å²) in [5, 5.41) is 24.0. The van der Waals surface area contributed by atoms with E-state index >= 15 is 0 Å². The molecule has 214 valence electrons. The van der Waals surface area contributed by atoms with Gasteiger partial charge in [0.15, 0.2) is 0 Å². The van der Waals surface area contributed by atoms with Crippen LogP contribution < -0.4 is 14.4 Å². The third-order valence-electron chi connectivity index (χ3n) is 7.33. The second-order valence-corrected chi connectivity index (χ2v) is 9.88. The highest BCUT2D eigenvalue weighted by molar-refractivity contribution is 6.00. The predicted octanol–water partition coefficient (Wildman–Crippen LogP) is 6.20. The number of nitrogens with one attached hydrogen (secondary N) is 1. The fraction of sp³-hybridized carbons (Fsp3) is 0.226. The van der Waals surface area contributed by atoms with Crippen LogP contribution in [0.2, 0.25) is 0 Å². The number of nitrogens with zero attached hydrogens (tertiary/aromatic N) is 3. The van der Waals surface area contributed by atoms with Crippen LogP contribution in [-0.2, 0) is 11.2 Å². The van der Waals surface area contributed by atoms with Gasteiger partial charge in [-0.1, -0.05) is 54.6 Å². The lowest BCUT2D eigenvalue weighted by Crippen LogP contribution is -2.37. The van der Waals surface area contributed by atoms with Crippen molar-refractivity contribution in [1.82, 2.24) is 9.97 Å². The lowest BCUT2D eigenvalue weighted by Gasteiger charge is -2.29. The van der Waals surface area contributed by atoms with Crippen molar-refractivity contribution in [3.05, 3.63) is 88.6 Å². The molecule has 0 atom stereocenters. The Kier molecular flexibility index (Phi) is 7.56. The van der Waals surface area contributed by atoms with Crippen molar-refractivity contribution < 1.29 is 29.0 Å². The molecule has 0 unspecified atom stereocenters. The largest absolute Gasteiger partial charge is 0.512 e. The van der Waals surface area contributed by atoms with Gasteiger partial charge in [-0.3, -0.25) is 10.1 Å². The Balaban J connectivity index is 1.34. The summed E-state index contributed by atoms with van der Waals surface area (Å²) in [7, 11) is 0. The van der Waals surface area contributed by atoms with Crippen molar-refractivity contribution in [2.45, 2.75) is 12.8 Å². The summed E-state index contributed by atoms with van der Waals surface area (Å²) in [4.78, 5) is 32.4. The summed E-state index contributed by atoms with van der Waals surface area (Å²) in [6, 6.07) is 21.0. The smallest absolute Gasteiger partial charge is 0.493 e. The first-order valence-corrected chi connectivity index (χ1v) is 13.6. The molecule has 42 heavy (non-hydrogen) atoms. The Labute approximate surface area is 240 Å². The molecule has 3 aromatic carbocycles. The van der Waals surface area contributed by atoms with Gasteiger partial charge in [-0.05, 0) is 24.3 Å². The van der Waals surface area contributed by atoms with E-state index < -0.39 is 11.1 Å². The molecule has 1 aliphatic heterocycles. The summed E-state index contributed by atoms with van der Waals surface area (Å²) in [5.41, 5.74) is 2.36. The fourth-order valence-corrected chi connectivity index (χ4v) is 5.42. The molecule has 6 rings (SSSR count). The van der Waals surface area contributed by atoms with Gasteiger partial charge in [0, 0.05) is 46.6 Å². The van der Waals surface area contributed by atoms with Crippen LogP contribution in [0, 0.1) is 10.1 Å². The number of aromatic nitrogens is 2. The van der Waals surface area contributed by atoms with Crippen LogP contribution in [0.3, 0.4) is 0 Å². The van der Waals surface area contributed by atoms with Gasteiger partial charge in [0.2, 0.25) is 5.88 Å². The zero-order valence-corrected chi connectivity index (χ0v) is 22.6. The van der Waals surface area contributed by atoms with Crippen LogP contribution in [-0.4, -0.2) is 59.1 Å². The van der Waals surface area contributed by atoms with Crippen molar-refractivity contribution in [2.75, 3.05) is 37.8 Å². The van der Waals surface area contributed by atoms with Gasteiger partial charge in [0.25, 0.3) is 5.69 Å². The maximum atomic E-state index is 11.7. The van der Waals surface area contributed by atoms with E-state index in [2.05, 4.69) is 9.97 Å². The van der Waals surface area contributed by atoms with Crippen LogP contribution >= 0.6 is 0 Å². The minimum absolute atomic E-state index is 0.112. The van der Waals surface area contributed by atoms with Crippen molar-refractivity contribution >= 4 is 39.3 Å². The van der Waals surface area contributed by atoms with Gasteiger partial charge >= 0.3 is 6.16 Å². The normalized spacial score (nSPS) is 13.4. The van der Waals surface area contributed by atoms with Crippen molar-refractivity contribution in [3.63, 3.8) is 0 Å². The standard InChI is InChI=1S/C31H28N4O7/c36-31(37)42-30-25(11-5-15-41-27-12-3-7-20-6-1-2-8-22(20)27)23-9-4-10-24(28(23)33-30)26-18-21(35(38)39)19-32-29(26)34-13-16-40-17-14-34/h1-4,6-10,12,18-19,33H,5,11,13-17H2,(H,36,37). The number of morpholine rings is 1. The quantitative estimate of drug-likeness (QED) is 0.0921. The number of nitro groups is 1. The number of fused-ring (bicyclic) bond motifs is 2. The Morgan fingerprint density at radius 1 is 1.05 bits per heavy atom. The Bertz CT molecular complexity index is 1770. The average Bonchev–Trinajstić information content (AvgIpc) is 3.35. The van der Waals surface area contributed by atoms with E-state index in [9.17, 15) is 20.0 Å². The molecule has 0 amide bonds. The van der Waals surface area contributed by atoms with E-state index in [-0.39, 0.29) is 11.6 Å². The number of ether oxygens (including phenoxy) is 3. The van der Waals surface area contributed by atoms with Crippen LogP contribution in [0.5, 0.6) is 11.6 Å². The maximum Gasteiger partial charge on any atom is 0.512 e. The molecule has 11 heteroatoms. The third-order valence-corrected chi connectivity index (χ3v) is 7.33. The number of carboxylic acid groups (broad SMARTS) is 1. The monoisotopic (exact) mass is 568 g/mol. The molecule has 0 spiro atoms. The van der Waals surface area contributed by atoms with Crippen LogP contribution in [0.1, 0.15) is 12.0 Å². The fourth-order valence-electron chi connectivity index (χ4n) is 5.42. The summed E-state index contributed by atoms with van der Waals surface area (Å²) >= 11 is 0. The minimum atomic E-state index is -1.44. The zero-order valence-electron chi connectivity index (χ0n) is 22.6. The molecular weight excluding hydrogens is 540 g/mol. The molecule has 11 nitrogen and oxygen atoms in total. The number of aryl methyl sites for hydroxylation is 1. The highest BCUT2D eigenvalue weighted by Crippen LogP contribution is 2.40. The van der Waals surface area contributed by atoms with Gasteiger partial charge < -0.3 is 29.2 Å². The van der Waals surface area contributed by atoms with Gasteiger partial charge in [-0.2, -0.15) is 0 Å². The molecule has 2 N–H and O–H groups in total. The molecule has 0 bridgehead atoms. The first-order chi connectivity index (χ1) is 20.5. The van der Waals surface area contributed by atoms with Crippen molar-refractivity contribution in [3.8, 4) is 22.8 Å². The number of carbonyl (C=O) groups is 1. The summed E-state index contributed by atoms with van der Waals surface area (Å²) in [6.07, 6.45) is 0.875. The average molecular weight is 569 g/mol. The minimum Gasteiger partial charge on any atom is -0.493 e. The summed E-state index contributed by atoms with van der Waals surface area (Å²) in [6.45, 7) is 2.63. The number of rotatable bonds is 9. The van der Waals surface area contributed by atoms with Gasteiger partial charge in [-0.15, -0.1) is 0 Å². The van der Waals surface area contributed by atoms with Crippen LogP contribution in [0.25, 0.3) is 32.8 Å². The number of benzene rings is 3. The molecule has 3 heterocycles. The molecule has 0 radical (unpaired) electrons. The van der Waals surface area contributed by atoms with Crippen molar-refractivity contribution in [1.29, 1.82) is 0 Å². The van der Waals surface area contributed by atoms with Gasteiger partial charge in [0.1, 0.15) is 17.8 Å². The number of aromatic amines is 1. The molecule has 1 aliphatic rings. The van der Waals surface area contributed by atoms with E-state index in [1.807, 2.05) is 65.6 Å². The zero-order chi connectivity index (χ0) is 29.1. The lowest BCUT2D eigenvalue weighted by atomic mass is 10.00. The Hall–Kier alpha value is -5.16. The summed E-state index contributed by atoms with van der Waals surface area (Å²) in [5.74, 6) is 1.49. The molecule has 2 aromatic heterocycles. The Morgan fingerprint density at radius 3 is 2.62 bits per heavy atom. The predicted molar refractivity (Wildman–Crippen MR) is 158 cm³/mol. The second kappa shape index (κ2) is 11.8. The number of hydrogen-bond acceptors (Lipinski definition) is 8. The number of H-pyrrole nitrogens is 1. The molecule has 0 aliphatic carbocycles. The highest BCUT2D eigenvalue weighted by Gasteiger charge is 2.24. The number of hydrogen-bond donors (Lipinski definition) is 2. The molecular formula is C31H28N4O7. The van der Waals surface area contributed by atoms with E-state index in [0.717, 1.165) is 21.9 Å². The van der Waals surface area contributed by atoms with Gasteiger partial charge in [-0.25, -0.2) is 9.78 Å². The van der Waals surface area contributed by atoms with E-state index in [0.29, 0.717) is 73.8 Å². The topological polar surface area (TPSA) is 140 Å². The van der Waals surface area contributed by atoms with Crippen LogP contribution in [0.15, 0.2) is 72.9 Å². The lowest BCUT2D eigenvalue weighted by molar-refractivity contribution is -0.385. The third kappa shape index (κ3) is 5.41. The first kappa shape index (κ1) is 27.0. The van der Waals surface area contributed by atoms with E-state index in [4.69, 9.17) is 14.2 Å². The molecule has 1 saturated heterocycles. The molecule has 1 fully saturated rings. The van der Waals surface area contributed by atoms with E-state index in [1.54, 1.807) is 0 Å². The second-order valence-electron chi connectivity index (χ2n) is 9.88. The van der Waals surface area contributed by atoms with E-state index in [1.165, 1.54) is 12.3 Å². The number of pyridine rings is 1. The number of anilines is 1. The summed E-state index contributed by atoms with van der Waals surface area (Å²) < 4.78 is 16.8. The van der Waals surface area contributed by atoms with Gasteiger partial charge in [0.05, 0.1) is 30.3 Å². The Morgan fingerprint density at radius 2 is 1.81 bits per heavy atom. The highest BCUT2D eigenvalue weighted by atomic mass is 16.7. The first-order valence-electron chi connectivity index (χ1n) is 13.6. The SMILES string of the molecule is O=C(O)Oc1[nH]c2c(-c3cc([N+](=O)[O-])cnc3N3CCOCC3)cccc2c1CCCOc1cccc2ccccc12. The van der Waals surface area contributed by atoms with Crippen LogP contribution in [0.4, 0.5) is 16.3 Å². The maximum absolute atomic E-state index is 11.7. The van der Waals surface area contributed by atoms with Crippen molar-refractivity contribution in [2.24, 2.45) is 0 Å². The molecule has 5 aromatic rings. The molecule has 0 saturated carbocycles. The number of para-hydroxylation sites is 1.